The fraction of sp³-hybridized carbons (Fsp3) is 0.600. The van der Waals surface area contributed by atoms with Crippen LogP contribution in [0.25, 0.3) is 0 Å². The maximum absolute atomic E-state index is 8.52. The first-order chi connectivity index (χ1) is 6.83. The van der Waals surface area contributed by atoms with Gasteiger partial charge in [0.05, 0.1) is 0 Å². The number of aliphatic hydroxyl groups excluding tert-OH is 1. The van der Waals surface area contributed by atoms with Gasteiger partial charge in [-0.1, -0.05) is 0 Å². The van der Waals surface area contributed by atoms with Gasteiger partial charge in [0.2, 0.25) is 0 Å². The molecule has 0 amide bonds. The Kier molecular flexibility index (Phi) is 997. The summed E-state index contributed by atoms with van der Waals surface area (Å²) in [5, 5.41) is 7.57. The molecule has 1 N–H and O–H groups in total. The molecule has 0 atom stereocenters. The van der Waals surface area contributed by atoms with Crippen molar-refractivity contribution in [3.63, 3.8) is 0 Å². The van der Waals surface area contributed by atoms with E-state index in [1.807, 2.05) is 0 Å². The first kappa shape index (κ1) is 36.7. The van der Waals surface area contributed by atoms with Gasteiger partial charge in [-0.15, -0.1) is 0 Å². The molecule has 0 aromatic rings. The molecule has 0 aliphatic rings. The van der Waals surface area contributed by atoms with E-state index in [0.29, 0.717) is 0 Å². The van der Waals surface area contributed by atoms with Crippen LogP contribution in [0.1, 0.15) is 34.6 Å². The van der Waals surface area contributed by atoms with Crippen molar-refractivity contribution >= 4 is 0 Å². The van der Waals surface area contributed by atoms with Crippen molar-refractivity contribution in [3.05, 3.63) is 27.7 Å². The molecule has 3 nitrogen and oxygen atoms in total. The van der Waals surface area contributed by atoms with Gasteiger partial charge in [0.15, 0.2) is 0 Å². The van der Waals surface area contributed by atoms with Crippen molar-refractivity contribution in [2.45, 2.75) is 34.6 Å². The van der Waals surface area contributed by atoms with E-state index in [1.165, 1.54) is 0 Å². The Bertz CT molecular complexity index is 44.6. The number of aliphatic hydroxyl groups is 1. The molecule has 0 unspecified atom stereocenters. The van der Waals surface area contributed by atoms with Crippen molar-refractivity contribution in [2.24, 2.45) is 0 Å². The van der Waals surface area contributed by atoms with Crippen LogP contribution in [0.4, 0.5) is 0 Å². The molecular weight excluding hydrogens is 261 g/mol. The second-order valence-corrected chi connectivity index (χ2v) is 0.757. The molecule has 93 valence electrons. The molecule has 0 aromatic heterocycles. The molecule has 0 aliphatic heterocycles. The summed E-state index contributed by atoms with van der Waals surface area (Å²) >= 11 is -2.15. The van der Waals surface area contributed by atoms with Crippen LogP contribution in [0.5, 0.6) is 0 Å². The zero-order valence-corrected chi connectivity index (χ0v) is 12.4. The minimum absolute atomic E-state index is 0.250. The van der Waals surface area contributed by atoms with Crippen molar-refractivity contribution in [1.82, 2.24) is 0 Å². The van der Waals surface area contributed by atoms with Crippen LogP contribution in [0.3, 0.4) is 0 Å². The summed E-state index contributed by atoms with van der Waals surface area (Å²) in [6, 6.07) is 0. The van der Waals surface area contributed by atoms with E-state index in [9.17, 15) is 0 Å². The van der Waals surface area contributed by atoms with E-state index >= 15 is 0 Å². The van der Waals surface area contributed by atoms with Crippen molar-refractivity contribution in [2.75, 3.05) is 6.61 Å². The molecule has 0 bridgehead atoms. The van der Waals surface area contributed by atoms with E-state index in [1.54, 1.807) is 34.6 Å². The van der Waals surface area contributed by atoms with Gasteiger partial charge in [-0.2, -0.15) is 27.7 Å². The maximum atomic E-state index is 8.52. The van der Waals surface area contributed by atoms with Crippen LogP contribution in [-0.4, -0.2) is 11.7 Å². The summed E-state index contributed by atoms with van der Waals surface area (Å²) in [5.41, 5.74) is 0. The van der Waals surface area contributed by atoms with Gasteiger partial charge >= 0.3 is 26.2 Å². The van der Waals surface area contributed by atoms with Crippen molar-refractivity contribution in [3.8, 4) is 0 Å². The molecule has 0 aliphatic carbocycles. The topological polar surface area (TPSA) is 54.4 Å². The van der Waals surface area contributed by atoms with Gasteiger partial charge in [0, 0.05) is 6.61 Å². The SMILES string of the molecule is CCO.[CH2-]C.[CH2-]C.[CH2-]C.[CH2-]C.[O]=[Nb]=[O]. The molecule has 0 rings (SSSR count). The second-order valence-electron chi connectivity index (χ2n) is 0.391. The van der Waals surface area contributed by atoms with E-state index in [4.69, 9.17) is 11.6 Å². The van der Waals surface area contributed by atoms with Gasteiger partial charge in [-0.05, 0) is 6.92 Å². The molecule has 4 heteroatoms. The van der Waals surface area contributed by atoms with Gasteiger partial charge in [-0.25, -0.2) is 0 Å². The van der Waals surface area contributed by atoms with Crippen LogP contribution in [-0.2, 0) is 26.2 Å². The van der Waals surface area contributed by atoms with Crippen LogP contribution >= 0.6 is 0 Å². The van der Waals surface area contributed by atoms with Crippen LogP contribution in [0, 0.1) is 27.7 Å². The van der Waals surface area contributed by atoms with Crippen molar-refractivity contribution < 1.29 is 31.3 Å². The third-order valence-corrected chi connectivity index (χ3v) is 0. The monoisotopic (exact) mass is 287 g/mol. The average Bonchev–Trinajstić information content (AvgIpc) is 2.31. The Morgan fingerprint density at radius 2 is 0.857 bits per heavy atom. The van der Waals surface area contributed by atoms with Gasteiger partial charge < -0.3 is 32.8 Å². The predicted molar refractivity (Wildman–Crippen MR) is 58.3 cm³/mol. The first-order valence-electron chi connectivity index (χ1n) is 4.22. The number of hydrogen-bond acceptors (Lipinski definition) is 3. The normalized spacial score (nSPS) is 3.57. The molecule has 0 spiro atoms. The van der Waals surface area contributed by atoms with E-state index in [2.05, 4.69) is 27.7 Å². The van der Waals surface area contributed by atoms with E-state index in [-0.39, 0.29) is 6.61 Å². The van der Waals surface area contributed by atoms with E-state index in [0.717, 1.165) is 0 Å². The number of hydrogen-bond donors (Lipinski definition) is 1. The Morgan fingerprint density at radius 3 is 0.857 bits per heavy atom. The summed E-state index contributed by atoms with van der Waals surface area (Å²) in [6.45, 7) is 21.9. The Morgan fingerprint density at radius 1 is 0.857 bits per heavy atom. The zero-order valence-electron chi connectivity index (χ0n) is 10.2. The summed E-state index contributed by atoms with van der Waals surface area (Å²) in [7, 11) is 0. The van der Waals surface area contributed by atoms with Gasteiger partial charge in [0.1, 0.15) is 0 Å². The fourth-order valence-electron chi connectivity index (χ4n) is 0. The molecule has 0 radical (unpaired) electrons. The molecule has 0 saturated heterocycles. The molecular formula is C10H26NbO3-4. The van der Waals surface area contributed by atoms with Gasteiger partial charge in [-0.3, -0.25) is 0 Å². The van der Waals surface area contributed by atoms with Crippen LogP contribution in [0.15, 0.2) is 0 Å². The fourth-order valence-corrected chi connectivity index (χ4v) is 0. The molecule has 0 heterocycles. The van der Waals surface area contributed by atoms with Gasteiger partial charge in [0.25, 0.3) is 0 Å². The average molecular weight is 287 g/mol. The summed E-state index contributed by atoms with van der Waals surface area (Å²) in [6.07, 6.45) is 0. The summed E-state index contributed by atoms with van der Waals surface area (Å²) in [4.78, 5) is 0. The molecule has 0 fully saturated rings. The molecule has 14 heavy (non-hydrogen) atoms. The third-order valence-electron chi connectivity index (χ3n) is 0. The van der Waals surface area contributed by atoms with E-state index < -0.39 is 19.7 Å². The second kappa shape index (κ2) is 380. The Hall–Kier alpha value is 0.300. The zero-order chi connectivity index (χ0) is 13.4. The molecule has 0 aromatic carbocycles. The Balaban J connectivity index is -0.0000000139. The van der Waals surface area contributed by atoms with Crippen molar-refractivity contribution in [1.29, 1.82) is 0 Å². The van der Waals surface area contributed by atoms with Crippen LogP contribution in [0.2, 0.25) is 0 Å². The first-order valence-corrected chi connectivity index (χ1v) is 6.01. The summed E-state index contributed by atoms with van der Waals surface area (Å²) < 4.78 is 17.0. The van der Waals surface area contributed by atoms with Crippen LogP contribution < -0.4 is 0 Å². The molecule has 0 saturated carbocycles. The minimum atomic E-state index is -2.15. The number of rotatable bonds is 0. The summed E-state index contributed by atoms with van der Waals surface area (Å²) in [5.74, 6) is 0. The standard InChI is InChI=1S/C2H6O.4C2H5.Nb.2O/c1-2-3;4*1-2;;;/h3H,2H2,1H3;4*1H2,2H3;;;/q;4*-1;;;. The third kappa shape index (κ3) is 17400. The quantitative estimate of drug-likeness (QED) is 0.550. The predicted octanol–water partition coefficient (Wildman–Crippen LogP) is 3.12. The Labute approximate surface area is 100 Å².